The number of urea groups is 1. The van der Waals surface area contributed by atoms with E-state index in [1.807, 2.05) is 36.4 Å². The second kappa shape index (κ2) is 9.07. The molecule has 0 aromatic heterocycles. The van der Waals surface area contributed by atoms with Gasteiger partial charge in [0, 0.05) is 41.9 Å². The molecule has 2 amide bonds. The Morgan fingerprint density at radius 2 is 1.70 bits per heavy atom. The fraction of sp³-hybridized carbons (Fsp3) is 0.240. The number of halogens is 3. The van der Waals surface area contributed by atoms with Crippen molar-refractivity contribution in [3.8, 4) is 16.9 Å². The first-order chi connectivity index (χ1) is 15.9. The Morgan fingerprint density at radius 3 is 2.39 bits per heavy atom. The van der Waals surface area contributed by atoms with E-state index in [-0.39, 0.29) is 12.1 Å². The van der Waals surface area contributed by atoms with Crippen LogP contribution in [-0.2, 0) is 6.54 Å². The molecule has 170 valence electrons. The Bertz CT molecular complexity index is 1210. The number of likely N-dealkylation sites (tertiary alicyclic amines) is 1. The lowest BCUT2D eigenvalue weighted by atomic mass is 9.95. The van der Waals surface area contributed by atoms with Crippen molar-refractivity contribution in [2.24, 2.45) is 0 Å². The number of rotatable bonds is 4. The third-order valence-corrected chi connectivity index (χ3v) is 6.98. The number of nitrogens with zero attached hydrogens (tertiary/aromatic N) is 2. The normalized spacial score (nSPS) is 18.2. The number of carbonyl (C=O) groups is 1. The van der Waals surface area contributed by atoms with Crippen molar-refractivity contribution in [3.05, 3.63) is 75.2 Å². The molecular formula is C25H22Cl3N3O2. The van der Waals surface area contributed by atoms with Crippen LogP contribution >= 0.6 is 34.8 Å². The Balaban J connectivity index is 1.70. The van der Waals surface area contributed by atoms with Crippen LogP contribution in [0.25, 0.3) is 11.1 Å². The third-order valence-electron chi connectivity index (χ3n) is 6.04. The highest BCUT2D eigenvalue weighted by molar-refractivity contribution is 6.40. The molecule has 0 aliphatic carbocycles. The van der Waals surface area contributed by atoms with E-state index in [0.717, 1.165) is 36.2 Å². The molecule has 5 nitrogen and oxygen atoms in total. The number of anilines is 2. The first-order valence-corrected chi connectivity index (χ1v) is 11.8. The summed E-state index contributed by atoms with van der Waals surface area (Å²) in [5.41, 5.74) is 3.78. The van der Waals surface area contributed by atoms with Gasteiger partial charge in [0.25, 0.3) is 0 Å². The summed E-state index contributed by atoms with van der Waals surface area (Å²) in [7, 11) is 2.08. The molecule has 3 aromatic carbocycles. The molecule has 0 bridgehead atoms. The average molecular weight is 503 g/mol. The van der Waals surface area contributed by atoms with Gasteiger partial charge in [-0.1, -0.05) is 59.1 Å². The van der Waals surface area contributed by atoms with Crippen LogP contribution in [0.2, 0.25) is 15.1 Å². The van der Waals surface area contributed by atoms with Gasteiger partial charge in [-0.25, -0.2) is 4.79 Å². The molecule has 2 heterocycles. The van der Waals surface area contributed by atoms with Crippen LogP contribution in [0.15, 0.2) is 54.6 Å². The van der Waals surface area contributed by atoms with Crippen LogP contribution in [0.4, 0.5) is 16.2 Å². The molecule has 8 heteroatoms. The molecule has 0 radical (unpaired) electrons. The third kappa shape index (κ3) is 4.26. The first kappa shape index (κ1) is 22.4. The molecule has 33 heavy (non-hydrogen) atoms. The lowest BCUT2D eigenvalue weighted by Crippen LogP contribution is -2.41. The number of benzene rings is 3. The summed E-state index contributed by atoms with van der Waals surface area (Å²) in [5, 5.41) is 4.34. The zero-order chi connectivity index (χ0) is 23.1. The summed E-state index contributed by atoms with van der Waals surface area (Å²) in [6.45, 7) is 2.18. The van der Waals surface area contributed by atoms with Gasteiger partial charge in [-0.2, -0.15) is 0 Å². The molecule has 5 rings (SSSR count). The summed E-state index contributed by atoms with van der Waals surface area (Å²) < 4.78 is 6.38. The summed E-state index contributed by atoms with van der Waals surface area (Å²) in [4.78, 5) is 16.9. The van der Waals surface area contributed by atoms with Gasteiger partial charge in [0.1, 0.15) is 11.9 Å². The van der Waals surface area contributed by atoms with Crippen LogP contribution in [0, 0.1) is 0 Å². The van der Waals surface area contributed by atoms with Gasteiger partial charge in [0.15, 0.2) is 0 Å². The van der Waals surface area contributed by atoms with Gasteiger partial charge in [-0.05, 0) is 43.3 Å². The average Bonchev–Trinajstić information content (AvgIpc) is 3.19. The van der Waals surface area contributed by atoms with Crippen LogP contribution < -0.4 is 15.0 Å². The van der Waals surface area contributed by atoms with Crippen LogP contribution in [0.1, 0.15) is 12.0 Å². The minimum Gasteiger partial charge on any atom is -0.489 e. The Kier molecular flexibility index (Phi) is 6.14. The van der Waals surface area contributed by atoms with Gasteiger partial charge in [-0.3, -0.25) is 4.90 Å². The largest absolute Gasteiger partial charge is 0.489 e. The molecule has 0 saturated carbocycles. The number of hydrogen-bond donors (Lipinski definition) is 1. The van der Waals surface area contributed by atoms with Crippen molar-refractivity contribution in [1.29, 1.82) is 0 Å². The number of para-hydroxylation sites is 1. The zero-order valence-corrected chi connectivity index (χ0v) is 20.2. The smallest absolute Gasteiger partial charge is 0.326 e. The lowest BCUT2D eigenvalue weighted by Gasteiger charge is -2.33. The number of fused-ring (bicyclic) bond motifs is 1. The minimum atomic E-state index is -0.305. The molecular weight excluding hydrogens is 481 g/mol. The molecule has 1 fully saturated rings. The van der Waals surface area contributed by atoms with Crippen LogP contribution in [0.3, 0.4) is 0 Å². The Labute approximate surface area is 207 Å². The van der Waals surface area contributed by atoms with Crippen LogP contribution in [0.5, 0.6) is 5.75 Å². The number of nitrogens with one attached hydrogen (secondary N) is 1. The van der Waals surface area contributed by atoms with Crippen molar-refractivity contribution in [2.45, 2.75) is 19.1 Å². The predicted molar refractivity (Wildman–Crippen MR) is 134 cm³/mol. The number of likely N-dealkylation sites (N-methyl/N-ethyl adjacent to an activating group) is 1. The van der Waals surface area contributed by atoms with E-state index in [4.69, 9.17) is 39.5 Å². The second-order valence-corrected chi connectivity index (χ2v) is 9.53. The quantitative estimate of drug-likeness (QED) is 0.429. The van der Waals surface area contributed by atoms with E-state index < -0.39 is 0 Å². The van der Waals surface area contributed by atoms with E-state index in [9.17, 15) is 4.79 Å². The summed E-state index contributed by atoms with van der Waals surface area (Å²) in [6.07, 6.45) is 1.01. The lowest BCUT2D eigenvalue weighted by molar-refractivity contribution is 0.208. The number of hydrogen-bond acceptors (Lipinski definition) is 3. The first-order valence-electron chi connectivity index (χ1n) is 10.7. The minimum absolute atomic E-state index is 0.0712. The highest BCUT2D eigenvalue weighted by Gasteiger charge is 2.32. The maximum Gasteiger partial charge on any atom is 0.326 e. The molecule has 0 spiro atoms. The SMILES string of the molecule is CN1CC[C@H](Oc2cc(-c3ccccc3Cl)c3c(c2)N(c2c(Cl)cccc2Cl)C(=O)NC3)C1. The number of amides is 2. The number of ether oxygens (including phenoxy) is 1. The number of carbonyl (C=O) groups excluding carboxylic acids is 1. The maximum absolute atomic E-state index is 13.1. The molecule has 1 N–H and O–H groups in total. The molecule has 1 atom stereocenters. The molecule has 1 saturated heterocycles. The van der Waals surface area contributed by atoms with Gasteiger partial charge in [0.2, 0.25) is 0 Å². The van der Waals surface area contributed by atoms with E-state index >= 15 is 0 Å². The van der Waals surface area contributed by atoms with Crippen LogP contribution in [-0.4, -0.2) is 37.2 Å². The molecule has 2 aliphatic rings. The van der Waals surface area contributed by atoms with Gasteiger partial charge < -0.3 is 15.0 Å². The highest BCUT2D eigenvalue weighted by atomic mass is 35.5. The fourth-order valence-electron chi connectivity index (χ4n) is 4.46. The van der Waals surface area contributed by atoms with E-state index in [1.165, 1.54) is 4.90 Å². The summed E-state index contributed by atoms with van der Waals surface area (Å²) in [5.74, 6) is 0.673. The Morgan fingerprint density at radius 1 is 0.970 bits per heavy atom. The summed E-state index contributed by atoms with van der Waals surface area (Å²) >= 11 is 19.6. The van der Waals surface area contributed by atoms with Gasteiger partial charge in [0.05, 0.1) is 21.4 Å². The van der Waals surface area contributed by atoms with Gasteiger partial charge >= 0.3 is 6.03 Å². The highest BCUT2D eigenvalue weighted by Crippen LogP contribution is 2.46. The topological polar surface area (TPSA) is 44.8 Å². The van der Waals surface area contributed by atoms with E-state index in [2.05, 4.69) is 17.3 Å². The van der Waals surface area contributed by atoms with E-state index in [1.54, 1.807) is 18.2 Å². The van der Waals surface area contributed by atoms with Crippen molar-refractivity contribution < 1.29 is 9.53 Å². The second-order valence-electron chi connectivity index (χ2n) is 8.30. The van der Waals surface area contributed by atoms with E-state index in [0.29, 0.717) is 38.7 Å². The predicted octanol–water partition coefficient (Wildman–Crippen LogP) is 6.76. The van der Waals surface area contributed by atoms with Crippen molar-refractivity contribution >= 4 is 52.2 Å². The molecule has 3 aromatic rings. The maximum atomic E-state index is 13.1. The van der Waals surface area contributed by atoms with Crippen molar-refractivity contribution in [3.63, 3.8) is 0 Å². The monoisotopic (exact) mass is 501 g/mol. The molecule has 0 unspecified atom stereocenters. The standard InChI is InChI=1S/C25H22Cl3N3O2/c1-30-10-9-15(14-30)33-16-11-18(17-5-2-3-6-20(17)26)19-13-29-25(32)31(23(19)12-16)24-21(27)7-4-8-22(24)28/h2-8,11-12,15H,9-10,13-14H2,1H3,(H,29,32)/t15-/m0/s1. The van der Waals surface area contributed by atoms with Crippen molar-refractivity contribution in [2.75, 3.05) is 25.0 Å². The molecule has 2 aliphatic heterocycles. The summed E-state index contributed by atoms with van der Waals surface area (Å²) in [6, 6.07) is 16.4. The van der Waals surface area contributed by atoms with Gasteiger partial charge in [-0.15, -0.1) is 0 Å². The fourth-order valence-corrected chi connectivity index (χ4v) is 5.27. The Hall–Kier alpha value is -2.44. The van der Waals surface area contributed by atoms with Crippen molar-refractivity contribution in [1.82, 2.24) is 10.2 Å². The zero-order valence-electron chi connectivity index (χ0n) is 17.9.